The van der Waals surface area contributed by atoms with E-state index in [9.17, 15) is 5.11 Å². The summed E-state index contributed by atoms with van der Waals surface area (Å²) in [4.78, 5) is 45.3. The molecule has 0 heterocycles. The first kappa shape index (κ1) is 30.5. The SMILES string of the molecule is CC(C)CC(O)CC(C)C.OP(O)(O)=S.OP(O)(O)=S.[Zn]. The molecule has 0 fully saturated rings. The summed E-state index contributed by atoms with van der Waals surface area (Å²) in [6, 6.07) is 0. The van der Waals surface area contributed by atoms with Gasteiger partial charge in [0.15, 0.2) is 0 Å². The minimum Gasteiger partial charge on any atom is -0.393 e. The standard InChI is InChI=1S/C9H20O.2H3O3PS.Zn/c1-7(2)5-9(10)6-8(3)4;2*1-4(2,3)5;/h7-10H,5-6H2,1-4H3;2*(H3,1,2,3,5);. The van der Waals surface area contributed by atoms with Gasteiger partial charge in [0, 0.05) is 19.5 Å². The number of aliphatic hydroxyl groups excluding tert-OH is 1. The van der Waals surface area contributed by atoms with Crippen LogP contribution in [-0.2, 0) is 43.1 Å². The van der Waals surface area contributed by atoms with E-state index < -0.39 is 13.4 Å². The molecule has 0 aliphatic carbocycles. The van der Waals surface area contributed by atoms with Gasteiger partial charge in [-0.2, -0.15) is 0 Å². The molecule has 0 bridgehead atoms. The summed E-state index contributed by atoms with van der Waals surface area (Å²) in [6.07, 6.45) is 1.80. The molecular weight excluding hydrogens is 412 g/mol. The Kier molecular flexibility index (Phi) is 22.1. The van der Waals surface area contributed by atoms with Crippen molar-refractivity contribution in [2.45, 2.75) is 46.6 Å². The zero-order valence-electron chi connectivity index (χ0n) is 12.7. The van der Waals surface area contributed by atoms with Gasteiger partial charge in [-0.3, -0.25) is 0 Å². The summed E-state index contributed by atoms with van der Waals surface area (Å²) in [7, 11) is 0. The van der Waals surface area contributed by atoms with E-state index in [1.165, 1.54) is 0 Å². The second kappa shape index (κ2) is 15.2. The second-order valence-corrected chi connectivity index (χ2v) is 9.93. The van der Waals surface area contributed by atoms with E-state index in [4.69, 9.17) is 29.4 Å². The number of rotatable bonds is 4. The monoisotopic (exact) mass is 436 g/mol. The Hall–Kier alpha value is 1.64. The third-order valence-corrected chi connectivity index (χ3v) is 1.49. The first-order valence-corrected chi connectivity index (χ1v) is 11.1. The average molecular weight is 438 g/mol. The van der Waals surface area contributed by atoms with Crippen molar-refractivity contribution in [1.82, 2.24) is 0 Å². The van der Waals surface area contributed by atoms with E-state index in [0.29, 0.717) is 11.8 Å². The molecule has 7 nitrogen and oxygen atoms in total. The molecule has 0 aliphatic heterocycles. The van der Waals surface area contributed by atoms with Crippen LogP contribution in [0.4, 0.5) is 0 Å². The molecular formula is C9H26O7P2S2Zn. The largest absolute Gasteiger partial charge is 0.393 e. The molecule has 0 unspecified atom stereocenters. The van der Waals surface area contributed by atoms with E-state index in [1.807, 2.05) is 0 Å². The van der Waals surface area contributed by atoms with Gasteiger partial charge in [0.2, 0.25) is 0 Å². The molecule has 0 aromatic carbocycles. The summed E-state index contributed by atoms with van der Waals surface area (Å²) in [5.74, 6) is 1.24. The molecule has 0 radical (unpaired) electrons. The minimum absolute atomic E-state index is 0. The van der Waals surface area contributed by atoms with Crippen molar-refractivity contribution >= 4 is 37.1 Å². The van der Waals surface area contributed by atoms with Crippen molar-refractivity contribution in [3.05, 3.63) is 0 Å². The maximum atomic E-state index is 9.39. The molecule has 7 N–H and O–H groups in total. The molecule has 0 amide bonds. The third kappa shape index (κ3) is 89.8. The van der Waals surface area contributed by atoms with Gasteiger partial charge in [-0.25, -0.2) is 0 Å². The first-order valence-electron chi connectivity index (χ1n) is 5.77. The predicted molar refractivity (Wildman–Crippen MR) is 86.8 cm³/mol. The smallest absolute Gasteiger partial charge is 0.319 e. The predicted octanol–water partition coefficient (Wildman–Crippen LogP) is 0.813. The van der Waals surface area contributed by atoms with Crippen LogP contribution in [0.15, 0.2) is 0 Å². The van der Waals surface area contributed by atoms with E-state index in [2.05, 4.69) is 51.3 Å². The molecule has 0 saturated carbocycles. The zero-order valence-corrected chi connectivity index (χ0v) is 19.1. The Bertz CT molecular complexity index is 273. The van der Waals surface area contributed by atoms with Gasteiger partial charge < -0.3 is 34.5 Å². The van der Waals surface area contributed by atoms with Crippen molar-refractivity contribution in [3.8, 4) is 0 Å². The molecule has 0 aromatic heterocycles. The van der Waals surface area contributed by atoms with Crippen molar-refractivity contribution in [2.75, 3.05) is 0 Å². The van der Waals surface area contributed by atoms with Gasteiger partial charge in [-0.05, 0) is 48.3 Å². The number of hydrogen-bond donors (Lipinski definition) is 7. The van der Waals surface area contributed by atoms with Crippen molar-refractivity contribution in [2.24, 2.45) is 11.8 Å². The van der Waals surface area contributed by atoms with Crippen LogP contribution in [0.2, 0.25) is 0 Å². The van der Waals surface area contributed by atoms with Gasteiger partial charge in [0.05, 0.1) is 6.10 Å². The summed E-state index contributed by atoms with van der Waals surface area (Å²) in [6.45, 7) is 0.959. The van der Waals surface area contributed by atoms with Crippen LogP contribution < -0.4 is 0 Å². The molecule has 0 rings (SSSR count). The molecule has 21 heavy (non-hydrogen) atoms. The summed E-state index contributed by atoms with van der Waals surface area (Å²) >= 11 is 7.21. The van der Waals surface area contributed by atoms with Gasteiger partial charge in [0.25, 0.3) is 0 Å². The van der Waals surface area contributed by atoms with Crippen LogP contribution in [-0.4, -0.2) is 40.6 Å². The molecule has 128 valence electrons. The number of aliphatic hydroxyl groups is 1. The fraction of sp³-hybridized carbons (Fsp3) is 1.00. The van der Waals surface area contributed by atoms with Gasteiger partial charge in [-0.15, -0.1) is 0 Å². The Morgan fingerprint density at radius 2 is 0.857 bits per heavy atom. The van der Waals surface area contributed by atoms with Crippen molar-refractivity contribution in [3.63, 3.8) is 0 Å². The normalized spacial score (nSPS) is 11.3. The Morgan fingerprint density at radius 3 is 0.952 bits per heavy atom. The Balaban J connectivity index is -0.000000112. The summed E-state index contributed by atoms with van der Waals surface area (Å²) < 4.78 is 0. The van der Waals surface area contributed by atoms with Crippen LogP contribution in [0, 0.1) is 11.8 Å². The van der Waals surface area contributed by atoms with Gasteiger partial charge in [-0.1, -0.05) is 27.7 Å². The van der Waals surface area contributed by atoms with Gasteiger partial charge in [0.1, 0.15) is 0 Å². The van der Waals surface area contributed by atoms with Crippen molar-refractivity contribution < 1.29 is 53.9 Å². The van der Waals surface area contributed by atoms with E-state index in [1.54, 1.807) is 0 Å². The maximum Gasteiger partial charge on any atom is 0.319 e. The minimum atomic E-state index is -3.81. The van der Waals surface area contributed by atoms with Crippen LogP contribution in [0.5, 0.6) is 0 Å². The maximum absolute atomic E-state index is 9.39. The van der Waals surface area contributed by atoms with Crippen LogP contribution in [0.3, 0.4) is 0 Å². The van der Waals surface area contributed by atoms with Crippen LogP contribution in [0.1, 0.15) is 40.5 Å². The van der Waals surface area contributed by atoms with E-state index >= 15 is 0 Å². The molecule has 0 spiro atoms. The van der Waals surface area contributed by atoms with Crippen LogP contribution >= 0.6 is 13.4 Å². The topological polar surface area (TPSA) is 142 Å². The van der Waals surface area contributed by atoms with E-state index in [0.717, 1.165) is 12.8 Å². The summed E-state index contributed by atoms with van der Waals surface area (Å²) in [5.41, 5.74) is 0. The molecule has 0 aromatic rings. The molecule has 0 aliphatic rings. The molecule has 0 atom stereocenters. The fourth-order valence-electron chi connectivity index (χ4n) is 1.18. The Labute approximate surface area is 149 Å². The van der Waals surface area contributed by atoms with Gasteiger partial charge >= 0.3 is 13.4 Å². The molecule has 0 saturated heterocycles. The summed E-state index contributed by atoms with van der Waals surface area (Å²) in [5, 5.41) is 9.39. The van der Waals surface area contributed by atoms with Crippen LogP contribution in [0.25, 0.3) is 0 Å². The Morgan fingerprint density at radius 1 is 0.714 bits per heavy atom. The molecule has 12 heteroatoms. The quantitative estimate of drug-likeness (QED) is 0.251. The second-order valence-electron chi connectivity index (χ2n) is 4.94. The first-order chi connectivity index (χ1) is 8.52. The average Bonchev–Trinajstić information content (AvgIpc) is 1.91. The number of hydrogen-bond acceptors (Lipinski definition) is 3. The fourth-order valence-corrected chi connectivity index (χ4v) is 1.18. The zero-order chi connectivity index (χ0) is 17.1. The van der Waals surface area contributed by atoms with E-state index in [-0.39, 0.29) is 25.6 Å². The van der Waals surface area contributed by atoms with Crippen molar-refractivity contribution in [1.29, 1.82) is 0 Å². The third-order valence-electron chi connectivity index (χ3n) is 1.49.